The van der Waals surface area contributed by atoms with Gasteiger partial charge in [-0.3, -0.25) is 9.79 Å². The van der Waals surface area contributed by atoms with Crippen LogP contribution >= 0.6 is 23.1 Å². The molecule has 6 nitrogen and oxygen atoms in total. The Morgan fingerprint density at radius 3 is 2.86 bits per heavy atom. The Hall–Kier alpha value is -1.93. The smallest absolute Gasteiger partial charge is 0.305 e. The number of aromatic nitrogens is 2. The topological polar surface area (TPSA) is 77.6 Å². The average molecular weight is 432 g/mol. The van der Waals surface area contributed by atoms with E-state index in [0.29, 0.717) is 12.2 Å². The maximum Gasteiger partial charge on any atom is 0.305 e. The van der Waals surface area contributed by atoms with Crippen LogP contribution in [0, 0.1) is 12.8 Å². The number of aryl methyl sites for hydroxylation is 1. The first-order valence-electron chi connectivity index (χ1n) is 9.93. The summed E-state index contributed by atoms with van der Waals surface area (Å²) in [5.41, 5.74) is 6.92. The molecule has 2 unspecified atom stereocenters. The van der Waals surface area contributed by atoms with Crippen LogP contribution in [0.3, 0.4) is 0 Å². The number of hydrogen-bond acceptors (Lipinski definition) is 8. The molecule has 2 aliphatic rings. The van der Waals surface area contributed by atoms with Crippen LogP contribution in [0.2, 0.25) is 0 Å². The van der Waals surface area contributed by atoms with Gasteiger partial charge in [0.1, 0.15) is 12.6 Å². The minimum Gasteiger partial charge on any atom is -0.463 e. The minimum atomic E-state index is -0.409. The standard InChI is InChI=1S/C21H25N3O3S2/c1-5-6-7-16(25)26-8-14-20-18(12(3)24-27-20)21-17(11(2)13(4)29-21)19(23-14)15-9-28-10-22-15/h9-10,14,17,21H,5-8H2,1-4H3/t14-,17?,21?/m0/s1. The quantitative estimate of drug-likeness (QED) is 0.569. The highest BCUT2D eigenvalue weighted by atomic mass is 32.2. The first-order valence-corrected chi connectivity index (χ1v) is 11.8. The van der Waals surface area contributed by atoms with Crippen LogP contribution in [0.4, 0.5) is 0 Å². The third kappa shape index (κ3) is 3.80. The number of carbonyl (C=O) groups excluding carboxylic acids is 1. The number of aliphatic imine (C=N–C) groups is 1. The summed E-state index contributed by atoms with van der Waals surface area (Å²) >= 11 is 3.40. The van der Waals surface area contributed by atoms with E-state index in [9.17, 15) is 4.79 Å². The average Bonchev–Trinajstić information content (AvgIpc) is 3.40. The Labute approximate surface area is 178 Å². The molecule has 4 heterocycles. The number of thioether (sulfide) groups is 1. The Morgan fingerprint density at radius 1 is 1.31 bits per heavy atom. The molecule has 154 valence electrons. The molecule has 0 bridgehead atoms. The zero-order chi connectivity index (χ0) is 20.5. The lowest BCUT2D eigenvalue weighted by Crippen LogP contribution is -2.20. The molecule has 0 radical (unpaired) electrons. The second kappa shape index (κ2) is 8.44. The predicted molar refractivity (Wildman–Crippen MR) is 115 cm³/mol. The fraction of sp³-hybridized carbons (Fsp3) is 0.524. The van der Waals surface area contributed by atoms with Crippen LogP contribution in [0.1, 0.15) is 74.0 Å². The molecule has 0 fully saturated rings. The monoisotopic (exact) mass is 431 g/mol. The second-order valence-corrected chi connectivity index (χ2v) is 9.57. The molecule has 0 aromatic carbocycles. The zero-order valence-corrected chi connectivity index (χ0v) is 18.7. The summed E-state index contributed by atoms with van der Waals surface area (Å²) in [6.45, 7) is 8.51. The molecular weight excluding hydrogens is 406 g/mol. The number of thiazole rings is 1. The molecule has 0 amide bonds. The van der Waals surface area contributed by atoms with Crippen molar-refractivity contribution in [1.29, 1.82) is 0 Å². The Balaban J connectivity index is 1.74. The Bertz CT molecular complexity index is 962. The number of esters is 1. The molecule has 0 aliphatic carbocycles. The van der Waals surface area contributed by atoms with Gasteiger partial charge in [-0.1, -0.05) is 24.1 Å². The van der Waals surface area contributed by atoms with Gasteiger partial charge in [-0.2, -0.15) is 0 Å². The third-order valence-electron chi connectivity index (χ3n) is 5.57. The number of ether oxygens (including phenoxy) is 1. The fourth-order valence-electron chi connectivity index (χ4n) is 3.90. The van der Waals surface area contributed by atoms with Gasteiger partial charge in [-0.15, -0.1) is 23.1 Å². The second-order valence-electron chi connectivity index (χ2n) is 7.49. The van der Waals surface area contributed by atoms with Gasteiger partial charge in [0, 0.05) is 23.3 Å². The summed E-state index contributed by atoms with van der Waals surface area (Å²) in [4.78, 5) is 23.0. The van der Waals surface area contributed by atoms with E-state index in [1.54, 1.807) is 11.3 Å². The molecule has 0 saturated carbocycles. The van der Waals surface area contributed by atoms with E-state index in [-0.39, 0.29) is 23.7 Å². The van der Waals surface area contributed by atoms with Gasteiger partial charge in [0.25, 0.3) is 0 Å². The van der Waals surface area contributed by atoms with E-state index in [1.165, 1.54) is 10.5 Å². The lowest BCUT2D eigenvalue weighted by Gasteiger charge is -2.20. The van der Waals surface area contributed by atoms with Gasteiger partial charge in [0.05, 0.1) is 27.9 Å². The minimum absolute atomic E-state index is 0.111. The molecule has 0 saturated heterocycles. The van der Waals surface area contributed by atoms with Gasteiger partial charge in [0.2, 0.25) is 0 Å². The van der Waals surface area contributed by atoms with Crippen molar-refractivity contribution >= 4 is 34.8 Å². The number of hydrogen-bond donors (Lipinski definition) is 0. The molecule has 2 aromatic rings. The molecular formula is C21H25N3O3S2. The van der Waals surface area contributed by atoms with Crippen molar-refractivity contribution in [2.45, 2.75) is 58.2 Å². The van der Waals surface area contributed by atoms with Crippen molar-refractivity contribution in [3.05, 3.63) is 44.1 Å². The molecule has 3 atom stereocenters. The number of nitrogens with zero attached hydrogens (tertiary/aromatic N) is 3. The lowest BCUT2D eigenvalue weighted by molar-refractivity contribution is -0.144. The highest BCUT2D eigenvalue weighted by Crippen LogP contribution is 2.56. The highest BCUT2D eigenvalue weighted by molar-refractivity contribution is 8.03. The first-order chi connectivity index (χ1) is 14.0. The Morgan fingerprint density at radius 2 is 2.14 bits per heavy atom. The van der Waals surface area contributed by atoms with Gasteiger partial charge < -0.3 is 9.26 Å². The van der Waals surface area contributed by atoms with Gasteiger partial charge in [0.15, 0.2) is 5.76 Å². The summed E-state index contributed by atoms with van der Waals surface area (Å²) in [6.07, 6.45) is 2.21. The van der Waals surface area contributed by atoms with Crippen molar-refractivity contribution < 1.29 is 14.1 Å². The van der Waals surface area contributed by atoms with Crippen molar-refractivity contribution in [2.24, 2.45) is 10.9 Å². The van der Waals surface area contributed by atoms with Crippen molar-refractivity contribution in [2.75, 3.05) is 6.61 Å². The number of carbonyl (C=O) groups is 1. The predicted octanol–water partition coefficient (Wildman–Crippen LogP) is 5.41. The van der Waals surface area contributed by atoms with Crippen molar-refractivity contribution in [3.8, 4) is 0 Å². The van der Waals surface area contributed by atoms with E-state index in [1.807, 2.05) is 29.6 Å². The van der Waals surface area contributed by atoms with Crippen molar-refractivity contribution in [1.82, 2.24) is 10.1 Å². The molecule has 2 aromatic heterocycles. The van der Waals surface area contributed by atoms with E-state index >= 15 is 0 Å². The van der Waals surface area contributed by atoms with Gasteiger partial charge in [-0.25, -0.2) is 4.98 Å². The number of allylic oxidation sites excluding steroid dienone is 2. The van der Waals surface area contributed by atoms with Crippen LogP contribution in [0.15, 0.2) is 30.9 Å². The zero-order valence-electron chi connectivity index (χ0n) is 17.1. The van der Waals surface area contributed by atoms with Gasteiger partial charge >= 0.3 is 5.97 Å². The van der Waals surface area contributed by atoms with E-state index in [2.05, 4.69) is 30.9 Å². The Kier molecular flexibility index (Phi) is 5.92. The van der Waals surface area contributed by atoms with Crippen LogP contribution < -0.4 is 0 Å². The number of rotatable bonds is 6. The van der Waals surface area contributed by atoms with Crippen molar-refractivity contribution in [3.63, 3.8) is 0 Å². The summed E-state index contributed by atoms with van der Waals surface area (Å²) in [7, 11) is 0. The summed E-state index contributed by atoms with van der Waals surface area (Å²) < 4.78 is 11.3. The molecule has 2 aliphatic heterocycles. The highest BCUT2D eigenvalue weighted by Gasteiger charge is 2.44. The normalized spacial score (nSPS) is 23.4. The SMILES string of the molecule is CCCCC(=O)OC[C@@H]1N=C(c2cscn2)C2C(C)=C(C)SC2c2c(C)noc21. The molecule has 29 heavy (non-hydrogen) atoms. The maximum absolute atomic E-state index is 12.1. The first kappa shape index (κ1) is 20.3. The molecule has 8 heteroatoms. The lowest BCUT2D eigenvalue weighted by atomic mass is 9.87. The largest absolute Gasteiger partial charge is 0.463 e. The van der Waals surface area contributed by atoms with E-state index in [0.717, 1.165) is 35.5 Å². The number of fused-ring (bicyclic) bond motifs is 3. The van der Waals surface area contributed by atoms with E-state index in [4.69, 9.17) is 14.3 Å². The van der Waals surface area contributed by atoms with E-state index < -0.39 is 6.04 Å². The van der Waals surface area contributed by atoms with Crippen LogP contribution in [0.5, 0.6) is 0 Å². The molecule has 0 N–H and O–H groups in total. The summed E-state index contributed by atoms with van der Waals surface area (Å²) in [5, 5.41) is 6.42. The molecule has 4 rings (SSSR count). The van der Waals surface area contributed by atoms with Crippen LogP contribution in [-0.2, 0) is 9.53 Å². The number of unbranched alkanes of at least 4 members (excludes halogenated alkanes) is 1. The van der Waals surface area contributed by atoms with Gasteiger partial charge in [-0.05, 0) is 32.1 Å². The fourth-order valence-corrected chi connectivity index (χ4v) is 6.01. The summed E-state index contributed by atoms with van der Waals surface area (Å²) in [6, 6.07) is -0.409. The third-order valence-corrected chi connectivity index (χ3v) is 7.60. The summed E-state index contributed by atoms with van der Waals surface area (Å²) in [5.74, 6) is 0.626. The van der Waals surface area contributed by atoms with Crippen LogP contribution in [0.25, 0.3) is 0 Å². The van der Waals surface area contributed by atoms with Crippen LogP contribution in [-0.4, -0.2) is 28.4 Å². The molecule has 0 spiro atoms. The maximum atomic E-state index is 12.1.